The van der Waals surface area contributed by atoms with Crippen LogP contribution in [0.4, 0.5) is 0 Å². The number of allylic oxidation sites excluding steroid dienone is 11. The molecule has 1 aliphatic heterocycles. The highest BCUT2D eigenvalue weighted by atomic mass is 16.6. The van der Waals surface area contributed by atoms with Crippen molar-refractivity contribution in [1.82, 2.24) is 0 Å². The minimum atomic E-state index is -1.07. The van der Waals surface area contributed by atoms with Gasteiger partial charge in [0.1, 0.15) is 37.1 Å². The van der Waals surface area contributed by atoms with Crippen molar-refractivity contribution in [2.24, 2.45) is 0 Å². The Morgan fingerprint density at radius 2 is 1.09 bits per heavy atom. The molecule has 0 amide bonds. The second-order valence-corrected chi connectivity index (χ2v) is 15.1. The summed E-state index contributed by atoms with van der Waals surface area (Å²) in [5, 5.41) is 46.9. The van der Waals surface area contributed by atoms with E-state index in [0.29, 0.717) is 18.6 Å². The van der Waals surface area contributed by atoms with E-state index in [1.165, 1.54) is 96.3 Å². The fraction of sp³-hybridized carbons (Fsp3) is 0.729. The lowest BCUT2D eigenvalue weighted by atomic mass is 10.1. The maximum Gasteiger partial charge on any atom is 0.306 e. The van der Waals surface area contributed by atoms with E-state index >= 15 is 0 Å². The molecule has 1 aliphatic rings. The van der Waals surface area contributed by atoms with Crippen LogP contribution in [-0.2, 0) is 19.0 Å². The van der Waals surface area contributed by atoms with Gasteiger partial charge in [0.25, 0.3) is 0 Å². The first-order valence-corrected chi connectivity index (χ1v) is 22.4. The normalized spacial score (nSPS) is 17.8. The van der Waals surface area contributed by atoms with Crippen LogP contribution in [0.15, 0.2) is 73.1 Å². The molecular weight excluding hydrogens is 721 g/mol. The SMILES string of the molecule is C=C(CCCCCCC/C=C\CCCCCCCC)OCC(O)C1OCC(O)C1O.CCCCC/C=C/C/C=C/C/C=C\C/C=C\CCCC(=O)OC(CO)CO. The van der Waals surface area contributed by atoms with Crippen molar-refractivity contribution < 1.29 is 44.5 Å². The molecule has 0 aromatic carbocycles. The van der Waals surface area contributed by atoms with E-state index < -0.39 is 30.5 Å². The number of unbranched alkanes of at least 4 members (excludes halogenated alkanes) is 15. The van der Waals surface area contributed by atoms with E-state index in [1.807, 2.05) is 0 Å². The van der Waals surface area contributed by atoms with Gasteiger partial charge in [-0.1, -0.05) is 145 Å². The molecule has 0 bridgehead atoms. The van der Waals surface area contributed by atoms with Crippen LogP contribution in [-0.4, -0.2) is 88.4 Å². The van der Waals surface area contributed by atoms with Gasteiger partial charge in [0.15, 0.2) is 0 Å². The molecule has 0 radical (unpaired) electrons. The van der Waals surface area contributed by atoms with Crippen molar-refractivity contribution in [2.45, 2.75) is 198 Å². The smallest absolute Gasteiger partial charge is 0.306 e. The van der Waals surface area contributed by atoms with Crippen LogP contribution in [0.25, 0.3) is 0 Å². The molecule has 0 saturated carbocycles. The molecule has 1 fully saturated rings. The Hall–Kier alpha value is -2.53. The number of aliphatic hydroxyl groups excluding tert-OH is 5. The summed E-state index contributed by atoms with van der Waals surface area (Å²) in [6, 6.07) is 0. The van der Waals surface area contributed by atoms with Crippen molar-refractivity contribution in [3.05, 3.63) is 73.1 Å². The van der Waals surface area contributed by atoms with Crippen LogP contribution in [0.5, 0.6) is 0 Å². The molecule has 0 spiro atoms. The van der Waals surface area contributed by atoms with Crippen molar-refractivity contribution in [3.63, 3.8) is 0 Å². The minimum Gasteiger partial charge on any atom is -0.496 e. The average Bonchev–Trinajstić information content (AvgIpc) is 3.55. The monoisotopic (exact) mass is 805 g/mol. The van der Waals surface area contributed by atoms with Gasteiger partial charge in [-0.2, -0.15) is 0 Å². The third-order valence-electron chi connectivity index (χ3n) is 9.66. The first-order valence-electron chi connectivity index (χ1n) is 22.4. The van der Waals surface area contributed by atoms with Gasteiger partial charge in [-0.05, 0) is 77.0 Å². The summed E-state index contributed by atoms with van der Waals surface area (Å²) >= 11 is 0. The molecule has 5 N–H and O–H groups in total. The van der Waals surface area contributed by atoms with E-state index in [9.17, 15) is 20.1 Å². The number of hydrogen-bond acceptors (Lipinski definition) is 9. The third kappa shape index (κ3) is 35.2. The van der Waals surface area contributed by atoms with Crippen molar-refractivity contribution >= 4 is 5.97 Å². The molecule has 330 valence electrons. The molecular formula is C48H84O9. The van der Waals surface area contributed by atoms with E-state index in [0.717, 1.165) is 44.9 Å². The Labute approximate surface area is 347 Å². The maximum atomic E-state index is 11.4. The van der Waals surface area contributed by atoms with E-state index in [4.69, 9.17) is 24.4 Å². The zero-order chi connectivity index (χ0) is 42.0. The summed E-state index contributed by atoms with van der Waals surface area (Å²) in [6.45, 7) is 7.75. The van der Waals surface area contributed by atoms with Gasteiger partial charge in [-0.15, -0.1) is 0 Å². The zero-order valence-electron chi connectivity index (χ0n) is 36.0. The Balaban J connectivity index is 0.00000111. The molecule has 0 aromatic heterocycles. The quantitative estimate of drug-likeness (QED) is 0.0181. The topological polar surface area (TPSA) is 146 Å². The van der Waals surface area contributed by atoms with E-state index in [-0.39, 0.29) is 32.4 Å². The van der Waals surface area contributed by atoms with Crippen LogP contribution in [0.3, 0.4) is 0 Å². The van der Waals surface area contributed by atoms with Crippen LogP contribution < -0.4 is 0 Å². The molecule has 4 unspecified atom stereocenters. The van der Waals surface area contributed by atoms with Gasteiger partial charge in [-0.3, -0.25) is 4.79 Å². The van der Waals surface area contributed by atoms with Gasteiger partial charge in [-0.25, -0.2) is 0 Å². The predicted molar refractivity (Wildman–Crippen MR) is 235 cm³/mol. The van der Waals surface area contributed by atoms with Crippen LogP contribution >= 0.6 is 0 Å². The highest BCUT2D eigenvalue weighted by molar-refractivity contribution is 5.69. The molecule has 1 rings (SSSR count). The van der Waals surface area contributed by atoms with Crippen molar-refractivity contribution in [1.29, 1.82) is 0 Å². The lowest BCUT2D eigenvalue weighted by Gasteiger charge is -2.21. The summed E-state index contributed by atoms with van der Waals surface area (Å²) in [6.07, 6.45) is 44.6. The Morgan fingerprint density at radius 3 is 1.60 bits per heavy atom. The van der Waals surface area contributed by atoms with Gasteiger partial charge in [0.05, 0.1) is 25.6 Å². The molecule has 1 saturated heterocycles. The summed E-state index contributed by atoms with van der Waals surface area (Å²) in [5.41, 5.74) is 0. The molecule has 57 heavy (non-hydrogen) atoms. The third-order valence-corrected chi connectivity index (χ3v) is 9.66. The Morgan fingerprint density at radius 1 is 0.649 bits per heavy atom. The van der Waals surface area contributed by atoms with Crippen molar-refractivity contribution in [2.75, 3.05) is 26.4 Å². The number of rotatable bonds is 36. The summed E-state index contributed by atoms with van der Waals surface area (Å²) in [4.78, 5) is 11.4. The Kier molecular flexibility index (Phi) is 39.8. The van der Waals surface area contributed by atoms with E-state index in [1.54, 1.807) is 0 Å². The molecule has 0 aliphatic carbocycles. The summed E-state index contributed by atoms with van der Waals surface area (Å²) in [5.74, 6) is 0.277. The predicted octanol–water partition coefficient (Wildman–Crippen LogP) is 10.1. The number of ether oxygens (including phenoxy) is 3. The molecule has 0 aromatic rings. The standard InChI is InChI=1S/C25H46O5.C23H38O4/c1-3-4-5-6-7-8-9-10-11-12-13-14-15-16-17-18-21(2)29-20-23(27)25-24(28)22(26)19-30-25;1-2-3-4-5-6-7-8-9-10-11-12-13-14-15-16-17-18-19-23(26)27-22(20-24)21-25/h10-11,22-28H,2-9,12-20H2,1H3;6-7,9-10,12-13,15-16,22,24-25H,2-5,8,11,14,17-21H2,1H3/b11-10-;7-6+,10-9+,13-12-,16-15-. The lowest BCUT2D eigenvalue weighted by molar-refractivity contribution is -0.153. The van der Waals surface area contributed by atoms with Gasteiger partial charge >= 0.3 is 5.97 Å². The van der Waals surface area contributed by atoms with Crippen LogP contribution in [0, 0.1) is 0 Å². The maximum absolute atomic E-state index is 11.4. The fourth-order valence-electron chi connectivity index (χ4n) is 6.03. The largest absolute Gasteiger partial charge is 0.496 e. The molecule has 9 nitrogen and oxygen atoms in total. The number of aliphatic hydroxyl groups is 5. The molecule has 4 atom stereocenters. The number of carbonyl (C=O) groups is 1. The summed E-state index contributed by atoms with van der Waals surface area (Å²) in [7, 11) is 0. The van der Waals surface area contributed by atoms with E-state index in [2.05, 4.69) is 81.2 Å². The Bertz CT molecular complexity index is 1060. The van der Waals surface area contributed by atoms with Crippen LogP contribution in [0.2, 0.25) is 0 Å². The number of carbonyl (C=O) groups excluding carboxylic acids is 1. The van der Waals surface area contributed by atoms with Gasteiger partial charge in [0, 0.05) is 12.8 Å². The van der Waals surface area contributed by atoms with Crippen LogP contribution in [0.1, 0.15) is 168 Å². The molecule has 1 heterocycles. The van der Waals surface area contributed by atoms with Gasteiger partial charge in [0.2, 0.25) is 0 Å². The zero-order valence-corrected chi connectivity index (χ0v) is 36.0. The average molecular weight is 805 g/mol. The summed E-state index contributed by atoms with van der Waals surface area (Å²) < 4.78 is 15.6. The lowest BCUT2D eigenvalue weighted by Crippen LogP contribution is -2.40. The second kappa shape index (κ2) is 41.6. The highest BCUT2D eigenvalue weighted by Gasteiger charge is 2.39. The first kappa shape index (κ1) is 54.5. The fourth-order valence-corrected chi connectivity index (χ4v) is 6.03. The van der Waals surface area contributed by atoms with Gasteiger partial charge < -0.3 is 39.7 Å². The highest BCUT2D eigenvalue weighted by Crippen LogP contribution is 2.19. The number of esters is 1. The number of hydrogen-bond donors (Lipinski definition) is 5. The first-order chi connectivity index (χ1) is 27.8. The molecule has 9 heteroatoms. The van der Waals surface area contributed by atoms with Crippen molar-refractivity contribution in [3.8, 4) is 0 Å². The second-order valence-electron chi connectivity index (χ2n) is 15.1. The minimum absolute atomic E-state index is 0.0261.